The Morgan fingerprint density at radius 1 is 0.898 bits per heavy atom. The summed E-state index contributed by atoms with van der Waals surface area (Å²) in [7, 11) is 0. The number of nitrogens with zero attached hydrogens (tertiary/aromatic N) is 2. The molecule has 3 fully saturated rings. The van der Waals surface area contributed by atoms with Gasteiger partial charge in [-0.25, -0.2) is 20.0 Å². The number of amides is 2. The number of nitriles is 1. The topological polar surface area (TPSA) is 126 Å². The van der Waals surface area contributed by atoms with E-state index in [0.29, 0.717) is 25.7 Å². The fourth-order valence-corrected chi connectivity index (χ4v) is 11.0. The van der Waals surface area contributed by atoms with Gasteiger partial charge in [0.25, 0.3) is 0 Å². The second kappa shape index (κ2) is 11.2. The molecular formula is C40H59N3O6. The standard InChI is InChI=1S/C40H59N3O6/c1-33(2,3)48-31(46)42-43(32(47)49-34(4,5)6)40-18-16-35(7,8)22-25(40)29-26(44)20-28-37(11)21-24(23-41)30(45)36(9,10)27(37)14-15-38(28,12)39(29,13)17-19-40/h20-21,25,27,29H,14-19,22H2,1-13H3,(H,42,46)/t25-,27-,29-,37-,38+,39+,40-/m0/s1. The molecule has 5 aliphatic rings. The van der Waals surface area contributed by atoms with Gasteiger partial charge in [-0.05, 0) is 121 Å². The third-order valence-corrected chi connectivity index (χ3v) is 13.4. The molecule has 0 spiro atoms. The van der Waals surface area contributed by atoms with E-state index in [1.165, 1.54) is 5.01 Å². The molecule has 0 heterocycles. The lowest BCUT2D eigenvalue weighted by Gasteiger charge is -2.69. The number of fused-ring (bicyclic) bond motifs is 7. The molecule has 9 nitrogen and oxygen atoms in total. The number of Topliss-reactive ketones (excluding diaryl/α,β-unsaturated/α-hetero) is 1. The fourth-order valence-electron chi connectivity index (χ4n) is 11.0. The molecule has 7 atom stereocenters. The molecule has 5 aliphatic carbocycles. The van der Waals surface area contributed by atoms with Gasteiger partial charge in [0.2, 0.25) is 0 Å². The second-order valence-corrected chi connectivity index (χ2v) is 19.8. The van der Waals surface area contributed by atoms with Crippen LogP contribution in [0.25, 0.3) is 0 Å². The monoisotopic (exact) mass is 677 g/mol. The molecule has 0 saturated heterocycles. The number of nitrogens with one attached hydrogen (secondary N) is 1. The molecule has 1 N–H and O–H groups in total. The molecule has 3 saturated carbocycles. The first-order chi connectivity index (χ1) is 22.2. The maximum atomic E-state index is 15.0. The van der Waals surface area contributed by atoms with Crippen LogP contribution in [0.4, 0.5) is 9.59 Å². The zero-order valence-electron chi connectivity index (χ0n) is 32.2. The van der Waals surface area contributed by atoms with Crippen LogP contribution in [-0.2, 0) is 19.1 Å². The Morgan fingerprint density at radius 2 is 1.49 bits per heavy atom. The van der Waals surface area contributed by atoms with Crippen LogP contribution >= 0.6 is 0 Å². The number of carbonyl (C=O) groups is 4. The Bertz CT molecular complexity index is 1570. The van der Waals surface area contributed by atoms with Crippen LogP contribution < -0.4 is 5.43 Å². The van der Waals surface area contributed by atoms with Gasteiger partial charge in [0.15, 0.2) is 11.6 Å². The van der Waals surface area contributed by atoms with E-state index in [4.69, 9.17) is 9.47 Å². The smallest absolute Gasteiger partial charge is 0.429 e. The summed E-state index contributed by atoms with van der Waals surface area (Å²) >= 11 is 0. The van der Waals surface area contributed by atoms with E-state index in [-0.39, 0.29) is 34.4 Å². The Hall–Kier alpha value is -3.15. The molecule has 0 radical (unpaired) electrons. The average molecular weight is 678 g/mol. The van der Waals surface area contributed by atoms with Crippen LogP contribution in [0.15, 0.2) is 23.3 Å². The summed E-state index contributed by atoms with van der Waals surface area (Å²) in [5, 5.41) is 11.4. The van der Waals surface area contributed by atoms with Crippen molar-refractivity contribution in [1.29, 1.82) is 5.26 Å². The largest absolute Gasteiger partial charge is 0.443 e. The predicted octanol–water partition coefficient (Wildman–Crippen LogP) is 8.64. The molecule has 0 aromatic rings. The Kier molecular flexibility index (Phi) is 8.46. The summed E-state index contributed by atoms with van der Waals surface area (Å²) in [4.78, 5) is 56.0. The van der Waals surface area contributed by atoms with Gasteiger partial charge in [0, 0.05) is 16.7 Å². The number of ether oxygens (including phenoxy) is 2. The van der Waals surface area contributed by atoms with Gasteiger partial charge < -0.3 is 9.47 Å². The molecule has 9 heteroatoms. The number of allylic oxidation sites excluding steroid dienone is 4. The predicted molar refractivity (Wildman–Crippen MR) is 187 cm³/mol. The number of hydrazine groups is 1. The normalized spacial score (nSPS) is 37.8. The van der Waals surface area contributed by atoms with Gasteiger partial charge in [-0.2, -0.15) is 5.26 Å². The summed E-state index contributed by atoms with van der Waals surface area (Å²) in [5.41, 5.74) is -0.842. The quantitative estimate of drug-likeness (QED) is 0.275. The first-order valence-corrected chi connectivity index (χ1v) is 18.1. The summed E-state index contributed by atoms with van der Waals surface area (Å²) in [6.45, 7) is 25.7. The number of rotatable bonds is 1. The molecular weight excluding hydrogens is 618 g/mol. The van der Waals surface area contributed by atoms with Crippen LogP contribution in [0.2, 0.25) is 0 Å². The third kappa shape index (κ3) is 5.73. The van der Waals surface area contributed by atoms with E-state index < -0.39 is 56.5 Å². The van der Waals surface area contributed by atoms with Gasteiger partial charge in [0.1, 0.15) is 17.3 Å². The summed E-state index contributed by atoms with van der Waals surface area (Å²) in [6, 6.07) is 2.18. The molecule has 270 valence electrons. The van der Waals surface area contributed by atoms with Gasteiger partial charge in [-0.15, -0.1) is 0 Å². The summed E-state index contributed by atoms with van der Waals surface area (Å²) in [5.74, 6) is -0.863. The average Bonchev–Trinajstić information content (AvgIpc) is 2.93. The van der Waals surface area contributed by atoms with Crippen LogP contribution in [-0.4, -0.2) is 45.5 Å². The number of carbonyl (C=O) groups excluding carboxylic acids is 4. The first-order valence-electron chi connectivity index (χ1n) is 18.1. The van der Waals surface area contributed by atoms with E-state index in [1.807, 2.05) is 26.0 Å². The van der Waals surface area contributed by atoms with Gasteiger partial charge >= 0.3 is 12.2 Å². The van der Waals surface area contributed by atoms with Crippen molar-refractivity contribution in [2.24, 2.45) is 44.8 Å². The lowest BCUT2D eigenvalue weighted by Crippen LogP contribution is -2.73. The lowest BCUT2D eigenvalue weighted by molar-refractivity contribution is -0.180. The Labute approximate surface area is 293 Å². The zero-order chi connectivity index (χ0) is 37.0. The van der Waals surface area contributed by atoms with Crippen molar-refractivity contribution in [3.05, 3.63) is 23.3 Å². The van der Waals surface area contributed by atoms with E-state index in [0.717, 1.165) is 24.8 Å². The molecule has 49 heavy (non-hydrogen) atoms. The SMILES string of the molecule is CC1(C)CC[C@]2(N(NC(=O)OC(C)(C)C)C(=O)OC(C)(C)C)CC[C@]3(C)[C@H](C(=O)C=C4[C@@]5(C)C=C(C#N)C(=O)C(C)(C)[C@@H]5CC[C@]43C)[C@@H]2C1. The van der Waals surface area contributed by atoms with Crippen molar-refractivity contribution in [2.75, 3.05) is 0 Å². The first kappa shape index (κ1) is 37.1. The van der Waals surface area contributed by atoms with Crippen molar-refractivity contribution in [2.45, 2.75) is 152 Å². The molecule has 2 amide bonds. The molecule has 0 aromatic carbocycles. The van der Waals surface area contributed by atoms with Gasteiger partial charge in [0.05, 0.1) is 11.1 Å². The van der Waals surface area contributed by atoms with Gasteiger partial charge in [-0.3, -0.25) is 9.59 Å². The fraction of sp³-hybridized carbons (Fsp3) is 0.775. The van der Waals surface area contributed by atoms with E-state index in [2.05, 4.69) is 46.1 Å². The van der Waals surface area contributed by atoms with Crippen LogP contribution in [0.5, 0.6) is 0 Å². The molecule has 0 bridgehead atoms. The highest BCUT2D eigenvalue weighted by atomic mass is 16.6. The van der Waals surface area contributed by atoms with Crippen molar-refractivity contribution in [3.8, 4) is 6.07 Å². The third-order valence-electron chi connectivity index (χ3n) is 13.4. The van der Waals surface area contributed by atoms with Crippen LogP contribution in [0.1, 0.15) is 135 Å². The molecule has 0 aromatic heterocycles. The van der Waals surface area contributed by atoms with Crippen molar-refractivity contribution in [1.82, 2.24) is 10.4 Å². The highest BCUT2D eigenvalue weighted by molar-refractivity contribution is 6.04. The van der Waals surface area contributed by atoms with Crippen molar-refractivity contribution in [3.63, 3.8) is 0 Å². The minimum Gasteiger partial charge on any atom is -0.443 e. The Morgan fingerprint density at radius 3 is 2.06 bits per heavy atom. The van der Waals surface area contributed by atoms with Crippen LogP contribution in [0, 0.1) is 56.2 Å². The summed E-state index contributed by atoms with van der Waals surface area (Å²) < 4.78 is 11.6. The second-order valence-electron chi connectivity index (χ2n) is 19.8. The Balaban J connectivity index is 1.68. The highest BCUT2D eigenvalue weighted by Gasteiger charge is 2.71. The maximum absolute atomic E-state index is 15.0. The van der Waals surface area contributed by atoms with E-state index >= 15 is 0 Å². The lowest BCUT2D eigenvalue weighted by atomic mass is 9.35. The molecule has 0 unspecified atom stereocenters. The number of ketones is 2. The number of hydrogen-bond donors (Lipinski definition) is 1. The van der Waals surface area contributed by atoms with E-state index in [1.54, 1.807) is 41.5 Å². The van der Waals surface area contributed by atoms with Crippen molar-refractivity contribution >= 4 is 23.8 Å². The van der Waals surface area contributed by atoms with Gasteiger partial charge in [-0.1, -0.05) is 60.1 Å². The van der Waals surface area contributed by atoms with Crippen molar-refractivity contribution < 1.29 is 28.7 Å². The summed E-state index contributed by atoms with van der Waals surface area (Å²) in [6.07, 6.45) is 7.20. The van der Waals surface area contributed by atoms with Crippen LogP contribution in [0.3, 0.4) is 0 Å². The molecule has 0 aliphatic heterocycles. The number of hydrogen-bond acceptors (Lipinski definition) is 7. The van der Waals surface area contributed by atoms with E-state index in [9.17, 15) is 24.4 Å². The highest BCUT2D eigenvalue weighted by Crippen LogP contribution is 2.73. The maximum Gasteiger partial charge on any atom is 0.429 e. The zero-order valence-corrected chi connectivity index (χ0v) is 32.2. The minimum absolute atomic E-state index is 0.0200. The molecule has 5 rings (SSSR count). The minimum atomic E-state index is -0.884.